The van der Waals surface area contributed by atoms with E-state index in [1.54, 1.807) is 6.07 Å². The first kappa shape index (κ1) is 23.7. The van der Waals surface area contributed by atoms with Crippen molar-refractivity contribution in [1.82, 2.24) is 14.2 Å². The van der Waals surface area contributed by atoms with Gasteiger partial charge in [0, 0.05) is 31.9 Å². The molecule has 1 aliphatic heterocycles. The summed E-state index contributed by atoms with van der Waals surface area (Å²) in [6.45, 7) is -0.0126. The highest BCUT2D eigenvalue weighted by molar-refractivity contribution is 7.89. The Morgan fingerprint density at radius 1 is 0.853 bits per heavy atom. The molecule has 3 aromatic rings. The summed E-state index contributed by atoms with van der Waals surface area (Å²) in [4.78, 5) is 29.2. The number of piperazine rings is 1. The van der Waals surface area contributed by atoms with E-state index in [-0.39, 0.29) is 36.6 Å². The van der Waals surface area contributed by atoms with Crippen LogP contribution in [0.3, 0.4) is 0 Å². The van der Waals surface area contributed by atoms with Gasteiger partial charge in [0.2, 0.25) is 10.0 Å². The van der Waals surface area contributed by atoms with Gasteiger partial charge in [0.05, 0.1) is 10.5 Å². The van der Waals surface area contributed by atoms with Crippen LogP contribution in [0.15, 0.2) is 76.4 Å². The summed E-state index contributed by atoms with van der Waals surface area (Å²) in [6, 6.07) is 15.5. The Labute approximate surface area is 193 Å². The smallest absolute Gasteiger partial charge is 0.336 e. The van der Waals surface area contributed by atoms with Crippen LogP contribution in [0.5, 0.6) is 0 Å². The van der Waals surface area contributed by atoms with Crippen LogP contribution in [0.25, 0.3) is 11.3 Å². The Kier molecular flexibility index (Phi) is 6.32. The number of aromatic amines is 1. The van der Waals surface area contributed by atoms with E-state index < -0.39 is 33.2 Å². The zero-order valence-corrected chi connectivity index (χ0v) is 18.6. The molecule has 0 unspecified atom stereocenters. The maximum absolute atomic E-state index is 12.9. The summed E-state index contributed by atoms with van der Waals surface area (Å²) in [7, 11) is -4.02. The standard InChI is InChI=1S/C23H20F3N3O4S/c24-23(25,26)17-6-8-18(9-7-17)34(32,33)29-14-12-28(13-15-29)22(31)19-10-11-20(27-21(19)30)16-4-2-1-3-5-16/h1-11H,12-15H2,(H,27,30). The van der Waals surface area contributed by atoms with E-state index in [1.807, 2.05) is 30.3 Å². The molecule has 0 aliphatic carbocycles. The van der Waals surface area contributed by atoms with Gasteiger partial charge < -0.3 is 9.88 Å². The molecule has 1 N–H and O–H groups in total. The normalized spacial score (nSPS) is 15.3. The topological polar surface area (TPSA) is 90.6 Å². The number of halogens is 3. The summed E-state index contributed by atoms with van der Waals surface area (Å²) in [6.07, 6.45) is -4.56. The lowest BCUT2D eigenvalue weighted by Gasteiger charge is -2.34. The molecule has 11 heteroatoms. The second kappa shape index (κ2) is 9.07. The van der Waals surface area contributed by atoms with Crippen LogP contribution < -0.4 is 5.56 Å². The number of amides is 1. The number of pyridine rings is 1. The van der Waals surface area contributed by atoms with E-state index in [0.29, 0.717) is 5.69 Å². The molecule has 0 spiro atoms. The second-order valence-corrected chi connectivity index (χ2v) is 9.64. The van der Waals surface area contributed by atoms with Gasteiger partial charge >= 0.3 is 6.18 Å². The van der Waals surface area contributed by atoms with E-state index in [1.165, 1.54) is 11.0 Å². The van der Waals surface area contributed by atoms with Crippen molar-refractivity contribution >= 4 is 15.9 Å². The molecule has 2 aromatic carbocycles. The Morgan fingerprint density at radius 3 is 2.03 bits per heavy atom. The average molecular weight is 491 g/mol. The summed E-state index contributed by atoms with van der Waals surface area (Å²) >= 11 is 0. The van der Waals surface area contributed by atoms with E-state index in [0.717, 1.165) is 34.1 Å². The number of alkyl halides is 3. The number of hydrogen-bond donors (Lipinski definition) is 1. The van der Waals surface area contributed by atoms with Crippen molar-refractivity contribution in [2.24, 2.45) is 0 Å². The molecule has 1 amide bonds. The Balaban J connectivity index is 1.44. The fourth-order valence-corrected chi connectivity index (χ4v) is 5.12. The molecular formula is C23H20F3N3O4S. The molecule has 1 fully saturated rings. The minimum atomic E-state index is -4.56. The largest absolute Gasteiger partial charge is 0.416 e. The van der Waals surface area contributed by atoms with Crippen molar-refractivity contribution in [1.29, 1.82) is 0 Å². The first-order valence-electron chi connectivity index (χ1n) is 10.3. The maximum Gasteiger partial charge on any atom is 0.416 e. The van der Waals surface area contributed by atoms with Crippen LogP contribution in [0, 0.1) is 0 Å². The highest BCUT2D eigenvalue weighted by atomic mass is 32.2. The second-order valence-electron chi connectivity index (χ2n) is 7.70. The summed E-state index contributed by atoms with van der Waals surface area (Å²) < 4.78 is 65.0. The van der Waals surface area contributed by atoms with E-state index >= 15 is 0 Å². The van der Waals surface area contributed by atoms with Gasteiger partial charge in [-0.05, 0) is 42.0 Å². The minimum Gasteiger partial charge on any atom is -0.336 e. The average Bonchev–Trinajstić information content (AvgIpc) is 2.84. The zero-order valence-electron chi connectivity index (χ0n) is 17.7. The van der Waals surface area contributed by atoms with E-state index in [2.05, 4.69) is 4.98 Å². The Hall–Kier alpha value is -3.44. The molecule has 0 saturated carbocycles. The van der Waals surface area contributed by atoms with Crippen LogP contribution in [0.4, 0.5) is 13.2 Å². The SMILES string of the molecule is O=C(c1ccc(-c2ccccc2)[nH]c1=O)N1CCN(S(=O)(=O)c2ccc(C(F)(F)F)cc2)CC1. The number of hydrogen-bond acceptors (Lipinski definition) is 4. The lowest BCUT2D eigenvalue weighted by Crippen LogP contribution is -2.51. The first-order chi connectivity index (χ1) is 16.1. The highest BCUT2D eigenvalue weighted by Crippen LogP contribution is 2.30. The fraction of sp³-hybridized carbons (Fsp3) is 0.217. The van der Waals surface area contributed by atoms with Crippen LogP contribution in [-0.4, -0.2) is 54.7 Å². The van der Waals surface area contributed by atoms with Crippen LogP contribution >= 0.6 is 0 Å². The zero-order chi connectivity index (χ0) is 24.5. The van der Waals surface area contributed by atoms with Crippen molar-refractivity contribution in [3.63, 3.8) is 0 Å². The molecule has 2 heterocycles. The molecule has 0 atom stereocenters. The van der Waals surface area contributed by atoms with Crippen molar-refractivity contribution in [2.75, 3.05) is 26.2 Å². The Bertz CT molecular complexity index is 1350. The lowest BCUT2D eigenvalue weighted by atomic mass is 10.1. The van der Waals surface area contributed by atoms with Gasteiger partial charge in [-0.1, -0.05) is 30.3 Å². The molecule has 4 rings (SSSR count). The molecule has 0 radical (unpaired) electrons. The molecule has 1 aliphatic rings. The van der Waals surface area contributed by atoms with Crippen molar-refractivity contribution in [2.45, 2.75) is 11.1 Å². The first-order valence-corrected chi connectivity index (χ1v) is 11.8. The van der Waals surface area contributed by atoms with Gasteiger partial charge in [0.15, 0.2) is 0 Å². The van der Waals surface area contributed by atoms with E-state index in [9.17, 15) is 31.2 Å². The maximum atomic E-state index is 12.9. The van der Waals surface area contributed by atoms with Crippen molar-refractivity contribution in [3.05, 3.63) is 88.2 Å². The summed E-state index contributed by atoms with van der Waals surface area (Å²) in [5, 5.41) is 0. The predicted octanol–water partition coefficient (Wildman–Crippen LogP) is 3.21. The van der Waals surface area contributed by atoms with Gasteiger partial charge in [-0.3, -0.25) is 9.59 Å². The number of H-pyrrole nitrogens is 1. The number of carbonyl (C=O) groups excluding carboxylic acids is 1. The molecule has 0 bridgehead atoms. The highest BCUT2D eigenvalue weighted by Gasteiger charge is 2.33. The minimum absolute atomic E-state index is 0.0403. The van der Waals surface area contributed by atoms with Gasteiger partial charge in [-0.2, -0.15) is 17.5 Å². The molecule has 7 nitrogen and oxygen atoms in total. The number of rotatable bonds is 4. The van der Waals surface area contributed by atoms with Crippen LogP contribution in [-0.2, 0) is 16.2 Å². The van der Waals surface area contributed by atoms with Crippen LogP contribution in [0.1, 0.15) is 15.9 Å². The predicted molar refractivity (Wildman–Crippen MR) is 119 cm³/mol. The van der Waals surface area contributed by atoms with E-state index in [4.69, 9.17) is 0 Å². The molecule has 178 valence electrons. The fourth-order valence-electron chi connectivity index (χ4n) is 3.70. The Morgan fingerprint density at radius 2 is 1.47 bits per heavy atom. The quantitative estimate of drug-likeness (QED) is 0.607. The van der Waals surface area contributed by atoms with Crippen molar-refractivity contribution < 1.29 is 26.4 Å². The number of carbonyl (C=O) groups is 1. The number of nitrogens with one attached hydrogen (secondary N) is 1. The van der Waals surface area contributed by atoms with Gasteiger partial charge in [-0.15, -0.1) is 0 Å². The third-order valence-corrected chi connectivity index (χ3v) is 7.48. The molecular weight excluding hydrogens is 471 g/mol. The molecule has 1 aromatic heterocycles. The summed E-state index contributed by atoms with van der Waals surface area (Å²) in [5.41, 5.74) is -0.189. The van der Waals surface area contributed by atoms with Gasteiger partial charge in [-0.25, -0.2) is 8.42 Å². The molecule has 1 saturated heterocycles. The number of benzene rings is 2. The lowest BCUT2D eigenvalue weighted by molar-refractivity contribution is -0.137. The van der Waals surface area contributed by atoms with Crippen molar-refractivity contribution in [3.8, 4) is 11.3 Å². The third kappa shape index (κ3) is 4.75. The number of sulfonamides is 1. The van der Waals surface area contributed by atoms with Gasteiger partial charge in [0.25, 0.3) is 11.5 Å². The molecule has 34 heavy (non-hydrogen) atoms. The van der Waals surface area contributed by atoms with Gasteiger partial charge in [0.1, 0.15) is 5.56 Å². The number of nitrogens with zero attached hydrogens (tertiary/aromatic N) is 2. The number of aromatic nitrogens is 1. The monoisotopic (exact) mass is 491 g/mol. The summed E-state index contributed by atoms with van der Waals surface area (Å²) in [5.74, 6) is -0.521. The third-order valence-electron chi connectivity index (χ3n) is 5.57. The van der Waals surface area contributed by atoms with Crippen LogP contribution in [0.2, 0.25) is 0 Å².